The Morgan fingerprint density at radius 3 is 2.04 bits per heavy atom. The molecule has 1 N–H and O–H groups in total. The van der Waals surface area contributed by atoms with Crippen molar-refractivity contribution in [2.45, 2.75) is 6.92 Å². The standard InChI is InChI=1S/C20H18N2O/c1-16-7-11-19(12-8-16)23-20-13-9-17(10-14-20)15-21-22-18-5-3-2-4-6-18/h2-15,22H,1H3. The van der Waals surface area contributed by atoms with E-state index in [9.17, 15) is 0 Å². The summed E-state index contributed by atoms with van der Waals surface area (Å²) in [4.78, 5) is 0. The van der Waals surface area contributed by atoms with E-state index < -0.39 is 0 Å². The molecule has 0 atom stereocenters. The lowest BCUT2D eigenvalue weighted by Crippen LogP contribution is -1.90. The van der Waals surface area contributed by atoms with Crippen LogP contribution in [0.3, 0.4) is 0 Å². The number of rotatable bonds is 5. The lowest BCUT2D eigenvalue weighted by Gasteiger charge is -2.06. The van der Waals surface area contributed by atoms with Crippen molar-refractivity contribution in [3.8, 4) is 11.5 Å². The van der Waals surface area contributed by atoms with Gasteiger partial charge in [0.05, 0.1) is 11.9 Å². The summed E-state index contributed by atoms with van der Waals surface area (Å²) in [5.74, 6) is 1.64. The van der Waals surface area contributed by atoms with Gasteiger partial charge in [0, 0.05) is 0 Å². The third-order valence-corrected chi connectivity index (χ3v) is 3.32. The Balaban J connectivity index is 1.59. The van der Waals surface area contributed by atoms with Crippen LogP contribution < -0.4 is 10.2 Å². The molecule has 0 aromatic heterocycles. The molecule has 0 amide bonds. The van der Waals surface area contributed by atoms with Crippen LogP contribution in [0.25, 0.3) is 0 Å². The molecule has 3 aromatic rings. The fraction of sp³-hybridized carbons (Fsp3) is 0.0500. The minimum atomic E-state index is 0.807. The van der Waals surface area contributed by atoms with Gasteiger partial charge in [-0.15, -0.1) is 0 Å². The van der Waals surface area contributed by atoms with Crippen LogP contribution in [-0.4, -0.2) is 6.21 Å². The van der Waals surface area contributed by atoms with Gasteiger partial charge in [-0.05, 0) is 61.0 Å². The fourth-order valence-electron chi connectivity index (χ4n) is 2.06. The average Bonchev–Trinajstić information content (AvgIpc) is 2.59. The van der Waals surface area contributed by atoms with Crippen LogP contribution in [0.5, 0.6) is 11.5 Å². The van der Waals surface area contributed by atoms with E-state index >= 15 is 0 Å². The predicted octanol–water partition coefficient (Wildman–Crippen LogP) is 5.23. The maximum absolute atomic E-state index is 5.80. The first-order valence-corrected chi connectivity index (χ1v) is 7.48. The number of benzene rings is 3. The highest BCUT2D eigenvalue weighted by Gasteiger charge is 1.97. The van der Waals surface area contributed by atoms with Crippen molar-refractivity contribution >= 4 is 11.9 Å². The van der Waals surface area contributed by atoms with Gasteiger partial charge in [0.1, 0.15) is 11.5 Å². The van der Waals surface area contributed by atoms with E-state index in [0.717, 1.165) is 22.7 Å². The van der Waals surface area contributed by atoms with E-state index in [1.807, 2.05) is 78.9 Å². The maximum Gasteiger partial charge on any atom is 0.127 e. The Bertz CT molecular complexity index is 763. The summed E-state index contributed by atoms with van der Waals surface area (Å²) in [6, 6.07) is 25.7. The quantitative estimate of drug-likeness (QED) is 0.517. The molecule has 0 fully saturated rings. The van der Waals surface area contributed by atoms with Crippen molar-refractivity contribution in [2.24, 2.45) is 5.10 Å². The van der Waals surface area contributed by atoms with E-state index in [4.69, 9.17) is 4.74 Å². The second-order valence-electron chi connectivity index (χ2n) is 5.22. The fourth-order valence-corrected chi connectivity index (χ4v) is 2.06. The van der Waals surface area contributed by atoms with Gasteiger partial charge in [-0.2, -0.15) is 5.10 Å². The Labute approximate surface area is 136 Å². The van der Waals surface area contributed by atoms with E-state index in [1.54, 1.807) is 6.21 Å². The van der Waals surface area contributed by atoms with Crippen molar-refractivity contribution in [3.05, 3.63) is 90.0 Å². The highest BCUT2D eigenvalue weighted by Crippen LogP contribution is 2.21. The molecule has 0 saturated heterocycles. The minimum Gasteiger partial charge on any atom is -0.457 e. The molecule has 0 aliphatic carbocycles. The summed E-state index contributed by atoms with van der Waals surface area (Å²) < 4.78 is 5.80. The molecule has 0 saturated carbocycles. The minimum absolute atomic E-state index is 0.807. The number of hydrogen-bond donors (Lipinski definition) is 1. The summed E-state index contributed by atoms with van der Waals surface area (Å²) in [5.41, 5.74) is 6.17. The monoisotopic (exact) mass is 302 g/mol. The van der Waals surface area contributed by atoms with Crippen molar-refractivity contribution in [1.82, 2.24) is 0 Å². The summed E-state index contributed by atoms with van der Waals surface area (Å²) in [6.45, 7) is 2.06. The summed E-state index contributed by atoms with van der Waals surface area (Å²) in [7, 11) is 0. The number of para-hydroxylation sites is 1. The Kier molecular flexibility index (Phi) is 4.69. The normalized spacial score (nSPS) is 10.7. The van der Waals surface area contributed by atoms with Gasteiger partial charge >= 0.3 is 0 Å². The predicted molar refractivity (Wildman–Crippen MR) is 95.4 cm³/mol. The van der Waals surface area contributed by atoms with Gasteiger partial charge < -0.3 is 4.74 Å². The van der Waals surface area contributed by atoms with E-state index in [0.29, 0.717) is 0 Å². The molecule has 0 unspecified atom stereocenters. The van der Waals surface area contributed by atoms with Crippen LogP contribution in [0.4, 0.5) is 5.69 Å². The number of ether oxygens (including phenoxy) is 1. The number of aryl methyl sites for hydroxylation is 1. The summed E-state index contributed by atoms with van der Waals surface area (Å²) in [6.07, 6.45) is 1.78. The van der Waals surface area contributed by atoms with Gasteiger partial charge in [-0.1, -0.05) is 35.9 Å². The number of nitrogens with zero attached hydrogens (tertiary/aromatic N) is 1. The largest absolute Gasteiger partial charge is 0.457 e. The molecule has 23 heavy (non-hydrogen) atoms. The van der Waals surface area contributed by atoms with Crippen molar-refractivity contribution in [2.75, 3.05) is 5.43 Å². The number of hydrazone groups is 1. The first-order valence-electron chi connectivity index (χ1n) is 7.48. The smallest absolute Gasteiger partial charge is 0.127 e. The number of anilines is 1. The SMILES string of the molecule is Cc1ccc(Oc2ccc(C=NNc3ccccc3)cc2)cc1. The van der Waals surface area contributed by atoms with Gasteiger partial charge in [-0.3, -0.25) is 5.43 Å². The lowest BCUT2D eigenvalue weighted by molar-refractivity contribution is 0.482. The molecule has 0 aliphatic rings. The molecule has 3 rings (SSSR count). The van der Waals surface area contributed by atoms with Crippen LogP contribution in [0, 0.1) is 6.92 Å². The van der Waals surface area contributed by atoms with E-state index in [2.05, 4.69) is 17.5 Å². The molecule has 0 bridgehead atoms. The summed E-state index contributed by atoms with van der Waals surface area (Å²) in [5, 5.41) is 4.22. The van der Waals surface area contributed by atoms with Crippen LogP contribution in [0.2, 0.25) is 0 Å². The van der Waals surface area contributed by atoms with Crippen LogP contribution in [0.1, 0.15) is 11.1 Å². The van der Waals surface area contributed by atoms with Gasteiger partial charge in [0.25, 0.3) is 0 Å². The second kappa shape index (κ2) is 7.27. The zero-order chi connectivity index (χ0) is 15.9. The molecular weight excluding hydrogens is 284 g/mol. The topological polar surface area (TPSA) is 33.6 Å². The zero-order valence-corrected chi connectivity index (χ0v) is 12.9. The number of nitrogens with one attached hydrogen (secondary N) is 1. The highest BCUT2D eigenvalue weighted by molar-refractivity contribution is 5.80. The molecule has 114 valence electrons. The molecule has 3 aromatic carbocycles. The average molecular weight is 302 g/mol. The second-order valence-corrected chi connectivity index (χ2v) is 5.22. The first kappa shape index (κ1) is 14.9. The van der Waals surface area contributed by atoms with E-state index in [1.165, 1.54) is 5.56 Å². The first-order chi connectivity index (χ1) is 11.3. The molecular formula is C20H18N2O. The van der Waals surface area contributed by atoms with Crippen LogP contribution >= 0.6 is 0 Å². The zero-order valence-electron chi connectivity index (χ0n) is 12.9. The van der Waals surface area contributed by atoms with E-state index in [-0.39, 0.29) is 0 Å². The molecule has 0 aliphatic heterocycles. The molecule has 3 heteroatoms. The van der Waals surface area contributed by atoms with Gasteiger partial charge in [-0.25, -0.2) is 0 Å². The molecule has 0 spiro atoms. The third-order valence-electron chi connectivity index (χ3n) is 3.32. The number of hydrogen-bond acceptors (Lipinski definition) is 3. The highest BCUT2D eigenvalue weighted by atomic mass is 16.5. The summed E-state index contributed by atoms with van der Waals surface area (Å²) >= 11 is 0. The van der Waals surface area contributed by atoms with Crippen molar-refractivity contribution in [1.29, 1.82) is 0 Å². The van der Waals surface area contributed by atoms with Crippen molar-refractivity contribution in [3.63, 3.8) is 0 Å². The van der Waals surface area contributed by atoms with Gasteiger partial charge in [0.2, 0.25) is 0 Å². The Morgan fingerprint density at radius 2 is 1.39 bits per heavy atom. The molecule has 3 nitrogen and oxygen atoms in total. The van der Waals surface area contributed by atoms with Crippen LogP contribution in [0.15, 0.2) is 84.0 Å². The lowest BCUT2D eigenvalue weighted by atomic mass is 10.2. The maximum atomic E-state index is 5.80. The molecule has 0 radical (unpaired) electrons. The van der Waals surface area contributed by atoms with Crippen LogP contribution in [-0.2, 0) is 0 Å². The van der Waals surface area contributed by atoms with Crippen molar-refractivity contribution < 1.29 is 4.74 Å². The Hall–Kier alpha value is -3.07. The molecule has 0 heterocycles. The Morgan fingerprint density at radius 1 is 0.783 bits per heavy atom. The third kappa shape index (κ3) is 4.45. The van der Waals surface area contributed by atoms with Gasteiger partial charge in [0.15, 0.2) is 0 Å².